The first-order valence-corrected chi connectivity index (χ1v) is 9.74. The number of morpholine rings is 1. The second-order valence-electron chi connectivity index (χ2n) is 7.46. The summed E-state index contributed by atoms with van der Waals surface area (Å²) < 4.78 is 11.6. The first-order chi connectivity index (χ1) is 13.6. The zero-order chi connectivity index (χ0) is 19.5. The maximum Gasteiger partial charge on any atom is 0.254 e. The summed E-state index contributed by atoms with van der Waals surface area (Å²) in [6.45, 7) is 5.75. The molecule has 4 heteroatoms. The fourth-order valence-corrected chi connectivity index (χ4v) is 3.69. The highest BCUT2D eigenvalue weighted by Gasteiger charge is 2.26. The average molecular weight is 375 g/mol. The van der Waals surface area contributed by atoms with Gasteiger partial charge >= 0.3 is 0 Å². The summed E-state index contributed by atoms with van der Waals surface area (Å²) in [5.74, 6) is 0.902. The molecule has 4 nitrogen and oxygen atoms in total. The molecule has 0 radical (unpaired) electrons. The third kappa shape index (κ3) is 4.18. The lowest BCUT2D eigenvalue weighted by Gasteiger charge is -2.35. The summed E-state index contributed by atoms with van der Waals surface area (Å²) in [7, 11) is 0. The molecule has 3 aromatic rings. The molecule has 0 unspecified atom stereocenters. The van der Waals surface area contributed by atoms with Gasteiger partial charge in [0.15, 0.2) is 0 Å². The molecule has 2 atom stereocenters. The number of fused-ring (bicyclic) bond motifs is 1. The van der Waals surface area contributed by atoms with Crippen molar-refractivity contribution >= 4 is 16.7 Å². The first-order valence-electron chi connectivity index (χ1n) is 9.74. The molecule has 1 saturated heterocycles. The van der Waals surface area contributed by atoms with Crippen molar-refractivity contribution < 1.29 is 14.3 Å². The summed E-state index contributed by atoms with van der Waals surface area (Å²) in [5, 5.41) is 2.36. The van der Waals surface area contributed by atoms with Crippen LogP contribution in [-0.2, 0) is 11.3 Å². The van der Waals surface area contributed by atoms with Crippen molar-refractivity contribution in [1.29, 1.82) is 0 Å². The van der Waals surface area contributed by atoms with Gasteiger partial charge in [0.05, 0.1) is 12.2 Å². The zero-order valence-corrected chi connectivity index (χ0v) is 16.3. The van der Waals surface area contributed by atoms with Crippen LogP contribution in [0.3, 0.4) is 0 Å². The van der Waals surface area contributed by atoms with Crippen LogP contribution in [0.5, 0.6) is 5.75 Å². The Hall–Kier alpha value is -2.85. The Morgan fingerprint density at radius 2 is 1.64 bits per heavy atom. The minimum atomic E-state index is 0.0593. The molecule has 0 bridgehead atoms. The summed E-state index contributed by atoms with van der Waals surface area (Å²) in [6, 6.07) is 22.0. The van der Waals surface area contributed by atoms with Crippen molar-refractivity contribution in [3.8, 4) is 5.75 Å². The molecular formula is C24H25NO3. The lowest BCUT2D eigenvalue weighted by Crippen LogP contribution is -2.48. The van der Waals surface area contributed by atoms with Crippen LogP contribution in [0.15, 0.2) is 66.7 Å². The van der Waals surface area contributed by atoms with E-state index in [2.05, 4.69) is 18.2 Å². The maximum absolute atomic E-state index is 12.7. The molecule has 144 valence electrons. The van der Waals surface area contributed by atoms with Crippen molar-refractivity contribution in [3.63, 3.8) is 0 Å². The number of ether oxygens (including phenoxy) is 2. The van der Waals surface area contributed by atoms with E-state index in [1.807, 2.05) is 67.3 Å². The summed E-state index contributed by atoms with van der Waals surface area (Å²) in [5.41, 5.74) is 1.74. The molecule has 0 aliphatic carbocycles. The molecule has 3 aromatic carbocycles. The van der Waals surface area contributed by atoms with Crippen molar-refractivity contribution in [1.82, 2.24) is 4.90 Å². The monoisotopic (exact) mass is 375 g/mol. The third-order valence-electron chi connectivity index (χ3n) is 5.03. The molecule has 0 aromatic heterocycles. The number of hydrogen-bond donors (Lipinski definition) is 0. The molecule has 1 aliphatic rings. The molecule has 1 amide bonds. The van der Waals surface area contributed by atoms with Crippen LogP contribution in [0.25, 0.3) is 10.8 Å². The fraction of sp³-hybridized carbons (Fsp3) is 0.292. The Morgan fingerprint density at radius 1 is 0.964 bits per heavy atom. The quantitative estimate of drug-likeness (QED) is 0.665. The molecule has 4 rings (SSSR count). The zero-order valence-electron chi connectivity index (χ0n) is 16.3. The van der Waals surface area contributed by atoms with Gasteiger partial charge in [-0.1, -0.05) is 42.5 Å². The van der Waals surface area contributed by atoms with E-state index in [0.717, 1.165) is 16.7 Å². The third-order valence-corrected chi connectivity index (χ3v) is 5.03. The van der Waals surface area contributed by atoms with E-state index >= 15 is 0 Å². The van der Waals surface area contributed by atoms with Gasteiger partial charge < -0.3 is 14.4 Å². The van der Waals surface area contributed by atoms with Gasteiger partial charge in [0.25, 0.3) is 5.91 Å². The van der Waals surface area contributed by atoms with Crippen molar-refractivity contribution in [2.45, 2.75) is 32.7 Å². The van der Waals surface area contributed by atoms with Gasteiger partial charge in [-0.25, -0.2) is 0 Å². The number of carbonyl (C=O) groups excluding carboxylic acids is 1. The lowest BCUT2D eigenvalue weighted by atomic mass is 10.1. The largest absolute Gasteiger partial charge is 0.489 e. The Kier molecular flexibility index (Phi) is 5.31. The van der Waals surface area contributed by atoms with Gasteiger partial charge in [0, 0.05) is 18.7 Å². The van der Waals surface area contributed by atoms with E-state index < -0.39 is 0 Å². The predicted octanol–water partition coefficient (Wildman–Crippen LogP) is 4.67. The van der Waals surface area contributed by atoms with E-state index in [1.54, 1.807) is 0 Å². The van der Waals surface area contributed by atoms with Gasteiger partial charge in [-0.05, 0) is 54.4 Å². The number of amides is 1. The van der Waals surface area contributed by atoms with Crippen molar-refractivity contribution in [2.24, 2.45) is 0 Å². The highest BCUT2D eigenvalue weighted by Crippen LogP contribution is 2.22. The van der Waals surface area contributed by atoms with Crippen molar-refractivity contribution in [3.05, 3.63) is 77.9 Å². The van der Waals surface area contributed by atoms with E-state index in [4.69, 9.17) is 9.47 Å². The molecule has 1 heterocycles. The number of carbonyl (C=O) groups is 1. The van der Waals surface area contributed by atoms with E-state index in [1.165, 1.54) is 5.39 Å². The van der Waals surface area contributed by atoms with Gasteiger partial charge in [-0.15, -0.1) is 0 Å². The summed E-state index contributed by atoms with van der Waals surface area (Å²) in [6.07, 6.45) is 0.143. The molecule has 0 saturated carbocycles. The van der Waals surface area contributed by atoms with Crippen LogP contribution >= 0.6 is 0 Å². The summed E-state index contributed by atoms with van der Waals surface area (Å²) in [4.78, 5) is 14.6. The lowest BCUT2D eigenvalue weighted by molar-refractivity contribution is -0.0586. The van der Waals surface area contributed by atoms with Gasteiger partial charge in [-0.2, -0.15) is 0 Å². The normalized spacial score (nSPS) is 19.6. The minimum Gasteiger partial charge on any atom is -0.489 e. The molecule has 0 spiro atoms. The van der Waals surface area contributed by atoms with Gasteiger partial charge in [-0.3, -0.25) is 4.79 Å². The highest BCUT2D eigenvalue weighted by molar-refractivity contribution is 5.94. The maximum atomic E-state index is 12.7. The minimum absolute atomic E-state index is 0.0593. The van der Waals surface area contributed by atoms with Crippen LogP contribution in [0, 0.1) is 0 Å². The number of benzene rings is 3. The van der Waals surface area contributed by atoms with E-state index in [0.29, 0.717) is 25.3 Å². The van der Waals surface area contributed by atoms with Crippen LogP contribution < -0.4 is 4.74 Å². The van der Waals surface area contributed by atoms with Crippen LogP contribution in [0.4, 0.5) is 0 Å². The average Bonchev–Trinajstić information content (AvgIpc) is 2.71. The van der Waals surface area contributed by atoms with Gasteiger partial charge in [0.1, 0.15) is 12.4 Å². The first kappa shape index (κ1) is 18.5. The molecular weight excluding hydrogens is 350 g/mol. The Balaban J connectivity index is 1.39. The van der Waals surface area contributed by atoms with Gasteiger partial charge in [0.2, 0.25) is 0 Å². The van der Waals surface area contributed by atoms with Crippen LogP contribution in [-0.4, -0.2) is 36.1 Å². The Morgan fingerprint density at radius 3 is 2.36 bits per heavy atom. The van der Waals surface area contributed by atoms with Crippen molar-refractivity contribution in [2.75, 3.05) is 13.1 Å². The van der Waals surface area contributed by atoms with E-state index in [9.17, 15) is 4.79 Å². The molecule has 28 heavy (non-hydrogen) atoms. The predicted molar refractivity (Wildman–Crippen MR) is 111 cm³/mol. The highest BCUT2D eigenvalue weighted by atomic mass is 16.5. The molecule has 0 N–H and O–H groups in total. The van der Waals surface area contributed by atoms with E-state index in [-0.39, 0.29) is 18.1 Å². The standard InChI is InChI=1S/C24H25NO3/c1-17-14-25(15-18(2)28-17)24(26)21-9-7-19(8-10-21)16-27-23-12-11-20-5-3-4-6-22(20)13-23/h3-13,17-18H,14-16H2,1-2H3/t17-,18-/m0/s1. The topological polar surface area (TPSA) is 38.8 Å². The molecule has 1 fully saturated rings. The number of hydrogen-bond acceptors (Lipinski definition) is 3. The Labute approximate surface area is 165 Å². The van der Waals surface area contributed by atoms with Crippen LogP contribution in [0.2, 0.25) is 0 Å². The SMILES string of the molecule is C[C@H]1CN(C(=O)c2ccc(COc3ccc4ccccc4c3)cc2)C[C@H](C)O1. The number of rotatable bonds is 4. The summed E-state index contributed by atoms with van der Waals surface area (Å²) >= 11 is 0. The molecule has 1 aliphatic heterocycles. The second kappa shape index (κ2) is 8.03. The smallest absolute Gasteiger partial charge is 0.254 e. The van der Waals surface area contributed by atoms with Crippen LogP contribution in [0.1, 0.15) is 29.8 Å². The fourth-order valence-electron chi connectivity index (χ4n) is 3.69. The Bertz CT molecular complexity index is 957. The second-order valence-corrected chi connectivity index (χ2v) is 7.46. The number of nitrogens with zero attached hydrogens (tertiary/aromatic N) is 1.